The van der Waals surface area contributed by atoms with Gasteiger partial charge in [-0.15, -0.1) is 0 Å². The minimum atomic E-state index is 0. The molecule has 11 rings (SSSR count). The van der Waals surface area contributed by atoms with E-state index in [9.17, 15) is 0 Å². The Morgan fingerprint density at radius 2 is 0.636 bits per heavy atom. The molecule has 2 saturated carbocycles. The Kier molecular flexibility index (Phi) is 107. The largest absolute Gasteiger partial charge is 0.454 e. The Morgan fingerprint density at radius 1 is 0.313 bits per heavy atom. The number of hydrogen-bond donors (Lipinski definition) is 0. The summed E-state index contributed by atoms with van der Waals surface area (Å²) in [6.45, 7) is 76.9. The maximum atomic E-state index is 5.08. The summed E-state index contributed by atoms with van der Waals surface area (Å²) in [5.41, 5.74) is 7.80. The molecule has 2 aliphatic heterocycles. The maximum Gasteiger partial charge on any atom is 0.231 e. The number of hydrogen-bond acceptors (Lipinski definition) is 4. The van der Waals surface area contributed by atoms with Gasteiger partial charge < -0.3 is 14.2 Å². The minimum Gasteiger partial charge on any atom is -0.454 e. The minimum absolute atomic E-state index is 0. The highest BCUT2D eigenvalue weighted by Gasteiger charge is 2.25. The molecule has 2 unspecified atom stereocenters. The highest BCUT2D eigenvalue weighted by atomic mass is 16.7. The first kappa shape index (κ1) is 119. The topological polar surface area (TPSA) is 40.6 Å². The molecule has 1 aromatic heterocycles. The summed E-state index contributed by atoms with van der Waals surface area (Å²) in [4.78, 5) is 3.78. The van der Waals surface area contributed by atoms with Crippen LogP contribution in [0.1, 0.15) is 381 Å². The fourth-order valence-corrected chi connectivity index (χ4v) is 9.32. The molecule has 0 amide bonds. The fraction of sp³-hybridized carbons (Fsp3) is 0.695. The highest BCUT2D eigenvalue weighted by Crippen LogP contribution is 2.39. The molecule has 3 heterocycles. The Bertz CT molecular complexity index is 2060. The van der Waals surface area contributed by atoms with E-state index in [0.717, 1.165) is 89.8 Å². The summed E-state index contributed by atoms with van der Waals surface area (Å²) in [6.07, 6.45) is 21.6. The van der Waals surface area contributed by atoms with Gasteiger partial charge in [0.2, 0.25) is 6.79 Å². The maximum absolute atomic E-state index is 5.08. The van der Waals surface area contributed by atoms with Gasteiger partial charge in [0.1, 0.15) is 0 Å². The van der Waals surface area contributed by atoms with E-state index in [1.807, 2.05) is 159 Å². The zero-order chi connectivity index (χ0) is 75.7. The number of rotatable bonds is 5. The molecule has 0 spiro atoms. The van der Waals surface area contributed by atoms with Crippen LogP contribution in [0.15, 0.2) is 134 Å². The average molecular weight is 1390 g/mol. The van der Waals surface area contributed by atoms with Crippen molar-refractivity contribution in [2.24, 2.45) is 53.3 Å². The number of para-hydroxylation sites is 2. The molecular weight excluding hydrogens is 1200 g/mol. The summed E-state index contributed by atoms with van der Waals surface area (Å²) >= 11 is 0. The second-order valence-corrected chi connectivity index (χ2v) is 26.4. The number of benzene rings is 4. The van der Waals surface area contributed by atoms with Gasteiger partial charge in [0.05, 0.1) is 0 Å². The lowest BCUT2D eigenvalue weighted by Crippen LogP contribution is -2.16. The van der Waals surface area contributed by atoms with Crippen LogP contribution in [0.2, 0.25) is 0 Å². The Hall–Kier alpha value is -4.41. The van der Waals surface area contributed by atoms with Crippen LogP contribution >= 0.6 is 0 Å². The number of aryl methyl sites for hydroxylation is 2. The van der Waals surface area contributed by atoms with Crippen LogP contribution in [0.3, 0.4) is 0 Å². The second-order valence-electron chi connectivity index (χ2n) is 26.4. The number of nitrogens with zero attached hydrogens (tertiary/aromatic N) is 1. The van der Waals surface area contributed by atoms with Crippen LogP contribution < -0.4 is 9.47 Å². The lowest BCUT2D eigenvalue weighted by molar-refractivity contribution is 0.0968. The van der Waals surface area contributed by atoms with E-state index in [-0.39, 0.29) is 22.3 Å². The van der Waals surface area contributed by atoms with Crippen LogP contribution in [0.4, 0.5) is 0 Å². The van der Waals surface area contributed by atoms with Gasteiger partial charge in [-0.2, -0.15) is 0 Å². The van der Waals surface area contributed by atoms with Crippen LogP contribution in [0, 0.1) is 53.3 Å². The Labute approximate surface area is 627 Å². The van der Waals surface area contributed by atoms with Crippen molar-refractivity contribution in [3.63, 3.8) is 0 Å². The van der Waals surface area contributed by atoms with Crippen molar-refractivity contribution in [3.8, 4) is 11.5 Å². The molecular formula is C95H183NO3. The van der Waals surface area contributed by atoms with E-state index in [1.165, 1.54) is 89.0 Å². The molecule has 1 saturated heterocycles. The normalized spacial score (nSPS) is 14.1. The van der Waals surface area contributed by atoms with E-state index in [0.29, 0.717) is 12.7 Å². The summed E-state index contributed by atoms with van der Waals surface area (Å²) < 4.78 is 15.2. The Balaban J connectivity index is -0.0000000949. The van der Waals surface area contributed by atoms with Crippen molar-refractivity contribution in [1.82, 2.24) is 4.98 Å². The van der Waals surface area contributed by atoms with Crippen molar-refractivity contribution in [3.05, 3.63) is 162 Å². The van der Waals surface area contributed by atoms with Crippen LogP contribution in [-0.4, -0.2) is 25.0 Å². The van der Waals surface area contributed by atoms with Gasteiger partial charge in [0.15, 0.2) is 11.5 Å². The molecule has 2 atom stereocenters. The molecule has 4 aromatic carbocycles. The lowest BCUT2D eigenvalue weighted by atomic mass is 9.77. The molecule has 4 nitrogen and oxygen atoms in total. The van der Waals surface area contributed by atoms with Gasteiger partial charge in [0, 0.05) is 25.6 Å². The monoisotopic (exact) mass is 1390 g/mol. The molecule has 0 bridgehead atoms. The quantitative estimate of drug-likeness (QED) is 0.176. The van der Waals surface area contributed by atoms with Crippen molar-refractivity contribution in [2.75, 3.05) is 20.0 Å². The van der Waals surface area contributed by atoms with E-state index < -0.39 is 0 Å². The SMILES string of the molecule is C.C.C.C1CCOCC1.CC.CC.CC.CC.CC.CC.CC.CC.CC(C)C.CC(C)C.CC(C)C.CC(C)C1CC1.CC(C)C1CCC1.CC(C)C1CCCc2ccccc21.CC(C)C1CCc2ccccc21.CC(C)c1ccccc1.c1ccc2c(c1)OCO2.c1ccncc1. The van der Waals surface area contributed by atoms with Crippen molar-refractivity contribution < 1.29 is 14.2 Å². The van der Waals surface area contributed by atoms with Crippen molar-refractivity contribution in [1.29, 1.82) is 0 Å². The van der Waals surface area contributed by atoms with E-state index in [2.05, 4.69) is 209 Å². The van der Waals surface area contributed by atoms with Crippen LogP contribution in [0.5, 0.6) is 11.5 Å². The molecule has 586 valence electrons. The van der Waals surface area contributed by atoms with Gasteiger partial charge in [-0.3, -0.25) is 4.98 Å². The average Bonchev–Trinajstić information content (AvgIpc) is 0.852. The lowest BCUT2D eigenvalue weighted by Gasteiger charge is -2.28. The zero-order valence-electron chi connectivity index (χ0n) is 71.1. The molecule has 99 heavy (non-hydrogen) atoms. The first-order chi connectivity index (χ1) is 46.2. The van der Waals surface area contributed by atoms with Gasteiger partial charge >= 0.3 is 0 Å². The summed E-state index contributed by atoms with van der Waals surface area (Å²) in [5.74, 6) is 12.2. The third-order valence-electron chi connectivity index (χ3n) is 14.3. The molecule has 5 aromatic rings. The molecule has 3 fully saturated rings. The number of fused-ring (bicyclic) bond motifs is 3. The summed E-state index contributed by atoms with van der Waals surface area (Å²) in [6, 6.07) is 41.7. The second kappa shape index (κ2) is 89.7. The first-order valence-electron chi connectivity index (χ1n) is 40.1. The molecule has 4 heteroatoms. The van der Waals surface area contributed by atoms with Crippen molar-refractivity contribution >= 4 is 0 Å². The molecule has 4 aliphatic carbocycles. The molecule has 0 radical (unpaired) electrons. The number of ether oxygens (including phenoxy) is 3. The fourth-order valence-electron chi connectivity index (χ4n) is 9.32. The standard InChI is InChI=1S/C13H18.C12H16.C9H12.C7H6O2.C7H14.C6H12.C5H5N.C5H10O.3C4H10.8C2H6.3CH4/c1-10(2)12-9-5-7-11-6-3-4-8-13(11)12;1-9(2)11-8-7-10-5-3-4-6-12(10)11;1-8(2)9-6-4-3-5-7-9;1-2-4-7-6(3-1)8-5-9-7;1-6(2)7-4-3-5-7;1-5(2)6-3-4-6;2*1-2-4-6-5-3-1;3*1-4(2)3;8*1-2;;;/h3-4,6,8,10,12H,5,7,9H2,1-2H3;3-6,9,11H,7-8H2,1-2H3;3-8H,1-2H3;1-4H,5H2;6-7H,3-5H2,1-2H3;5-6H,3-4H2,1-2H3;1-5H;1-5H2;3*4H,1-3H3;8*1-2H3;3*1H4. The Morgan fingerprint density at radius 3 is 0.879 bits per heavy atom. The van der Waals surface area contributed by atoms with Gasteiger partial charge in [0.25, 0.3) is 0 Å². The highest BCUT2D eigenvalue weighted by molar-refractivity contribution is 5.41. The van der Waals surface area contributed by atoms with Crippen LogP contribution in [-0.2, 0) is 17.6 Å². The third kappa shape index (κ3) is 74.6. The summed E-state index contributed by atoms with van der Waals surface area (Å²) in [7, 11) is 0. The van der Waals surface area contributed by atoms with Gasteiger partial charge in [-0.05, 0) is 187 Å². The number of pyridine rings is 1. The van der Waals surface area contributed by atoms with E-state index in [1.54, 1.807) is 34.6 Å². The van der Waals surface area contributed by atoms with Gasteiger partial charge in [-0.1, -0.05) is 381 Å². The van der Waals surface area contributed by atoms with E-state index >= 15 is 0 Å². The van der Waals surface area contributed by atoms with Gasteiger partial charge in [-0.25, -0.2) is 0 Å². The molecule has 0 N–H and O–H groups in total. The summed E-state index contributed by atoms with van der Waals surface area (Å²) in [5, 5.41) is 0. The third-order valence-corrected chi connectivity index (χ3v) is 14.3. The van der Waals surface area contributed by atoms with Crippen molar-refractivity contribution in [2.45, 2.75) is 366 Å². The van der Waals surface area contributed by atoms with Crippen LogP contribution in [0.25, 0.3) is 0 Å². The zero-order valence-corrected chi connectivity index (χ0v) is 71.1. The predicted molar refractivity (Wildman–Crippen MR) is 464 cm³/mol. The molecule has 6 aliphatic rings. The smallest absolute Gasteiger partial charge is 0.231 e. The first-order valence-corrected chi connectivity index (χ1v) is 40.1. The predicted octanol–water partition coefficient (Wildman–Crippen LogP) is 33.2. The van der Waals surface area contributed by atoms with E-state index in [4.69, 9.17) is 14.2 Å². The number of aromatic nitrogens is 1.